The number of halogens is 1. The van der Waals surface area contributed by atoms with Gasteiger partial charge in [-0.3, -0.25) is 0 Å². The summed E-state index contributed by atoms with van der Waals surface area (Å²) in [6.07, 6.45) is 0. The van der Waals surface area contributed by atoms with E-state index in [0.29, 0.717) is 12.1 Å². The van der Waals surface area contributed by atoms with Crippen LogP contribution in [0.3, 0.4) is 0 Å². The molecule has 1 aromatic carbocycles. The van der Waals surface area contributed by atoms with Crippen molar-refractivity contribution in [2.75, 3.05) is 11.9 Å². The first-order valence-electron chi connectivity index (χ1n) is 5.91. The van der Waals surface area contributed by atoms with Gasteiger partial charge in [-0.25, -0.2) is 4.98 Å². The molecule has 7 heteroatoms. The zero-order valence-electron chi connectivity index (χ0n) is 11.2. The normalized spacial score (nSPS) is 11.7. The molecule has 2 aromatic rings. The van der Waals surface area contributed by atoms with Gasteiger partial charge in [-0.2, -0.15) is 0 Å². The smallest absolute Gasteiger partial charge is 0.172 e. The Labute approximate surface area is 129 Å². The third-order valence-electron chi connectivity index (χ3n) is 2.82. The van der Waals surface area contributed by atoms with Crippen LogP contribution in [0.25, 0.3) is 0 Å². The van der Waals surface area contributed by atoms with E-state index in [9.17, 15) is 0 Å². The van der Waals surface area contributed by atoms with Gasteiger partial charge in [0.25, 0.3) is 0 Å². The lowest BCUT2D eigenvalue weighted by Crippen LogP contribution is -2.22. The molecule has 0 amide bonds. The molecule has 20 heavy (non-hydrogen) atoms. The van der Waals surface area contributed by atoms with E-state index in [1.165, 1.54) is 0 Å². The number of rotatable bonds is 4. The number of benzene rings is 1. The molecule has 0 saturated heterocycles. The zero-order valence-corrected chi connectivity index (χ0v) is 13.6. The largest absolute Gasteiger partial charge is 0.409 e. The molecule has 0 aliphatic rings. The van der Waals surface area contributed by atoms with Gasteiger partial charge in [-0.1, -0.05) is 21.1 Å². The maximum Gasteiger partial charge on any atom is 0.172 e. The molecule has 0 spiro atoms. The highest BCUT2D eigenvalue weighted by molar-refractivity contribution is 9.10. The second-order valence-corrected chi connectivity index (χ2v) is 6.34. The minimum atomic E-state index is 0.0915. The summed E-state index contributed by atoms with van der Waals surface area (Å²) < 4.78 is 0.934. The minimum Gasteiger partial charge on any atom is -0.409 e. The number of amidine groups is 1. The second kappa shape index (κ2) is 6.23. The fraction of sp³-hybridized carbons (Fsp3) is 0.231. The minimum absolute atomic E-state index is 0.0915. The Balaban J connectivity index is 2.32. The third-order valence-corrected chi connectivity index (χ3v) is 4.14. The van der Waals surface area contributed by atoms with Crippen LogP contribution >= 0.6 is 27.3 Å². The molecule has 0 atom stereocenters. The van der Waals surface area contributed by atoms with Crippen LogP contribution in [-0.4, -0.2) is 23.1 Å². The number of aryl methyl sites for hydroxylation is 1. The standard InChI is InChI=1S/C13H15BrN4OS/c1-8-16-10(7-20-8)6-18(2)12-5-9(14)3-4-11(12)13(15)17-19/h3-5,7,19H,6H2,1-2H3,(H2,15,17). The first-order chi connectivity index (χ1) is 9.51. The van der Waals surface area contributed by atoms with E-state index in [4.69, 9.17) is 10.9 Å². The topological polar surface area (TPSA) is 74.7 Å². The summed E-state index contributed by atoms with van der Waals surface area (Å²) in [5.41, 5.74) is 8.29. The molecular formula is C13H15BrN4OS. The molecule has 106 valence electrons. The Morgan fingerprint density at radius 1 is 1.55 bits per heavy atom. The van der Waals surface area contributed by atoms with Gasteiger partial charge in [0.15, 0.2) is 5.84 Å². The summed E-state index contributed by atoms with van der Waals surface area (Å²) in [5, 5.41) is 15.0. The number of nitrogens with two attached hydrogens (primary N) is 1. The molecule has 0 aliphatic carbocycles. The maximum absolute atomic E-state index is 8.88. The van der Waals surface area contributed by atoms with Crippen LogP contribution in [0.4, 0.5) is 5.69 Å². The molecule has 0 saturated carbocycles. The molecule has 5 nitrogen and oxygen atoms in total. The van der Waals surface area contributed by atoms with Crippen molar-refractivity contribution in [1.82, 2.24) is 4.98 Å². The van der Waals surface area contributed by atoms with E-state index >= 15 is 0 Å². The average molecular weight is 355 g/mol. The molecule has 0 bridgehead atoms. The summed E-state index contributed by atoms with van der Waals surface area (Å²) in [4.78, 5) is 6.47. The Hall–Kier alpha value is -1.60. The molecular weight excluding hydrogens is 340 g/mol. The van der Waals surface area contributed by atoms with Gasteiger partial charge in [-0.15, -0.1) is 11.3 Å². The van der Waals surface area contributed by atoms with Gasteiger partial charge < -0.3 is 15.8 Å². The van der Waals surface area contributed by atoms with Crippen LogP contribution in [0.5, 0.6) is 0 Å². The SMILES string of the molecule is Cc1nc(CN(C)c2cc(Br)ccc2/C(N)=N/O)cs1. The summed E-state index contributed by atoms with van der Waals surface area (Å²) in [7, 11) is 1.95. The number of nitrogens with zero attached hydrogens (tertiary/aromatic N) is 3. The zero-order chi connectivity index (χ0) is 14.7. The van der Waals surface area contributed by atoms with Gasteiger partial charge in [0.2, 0.25) is 0 Å². The number of thiazole rings is 1. The fourth-order valence-corrected chi connectivity index (χ4v) is 2.85. The predicted octanol–water partition coefficient (Wildman–Crippen LogP) is 2.94. The number of anilines is 1. The van der Waals surface area contributed by atoms with Crippen LogP contribution in [0.2, 0.25) is 0 Å². The average Bonchev–Trinajstić information content (AvgIpc) is 2.83. The molecule has 0 unspecified atom stereocenters. The first kappa shape index (κ1) is 14.8. The van der Waals surface area contributed by atoms with Gasteiger partial charge >= 0.3 is 0 Å². The predicted molar refractivity (Wildman–Crippen MR) is 85.6 cm³/mol. The van der Waals surface area contributed by atoms with E-state index < -0.39 is 0 Å². The van der Waals surface area contributed by atoms with Gasteiger partial charge in [0.05, 0.1) is 17.2 Å². The van der Waals surface area contributed by atoms with Crippen molar-refractivity contribution >= 4 is 38.8 Å². The van der Waals surface area contributed by atoms with E-state index in [0.717, 1.165) is 20.9 Å². The molecule has 3 N–H and O–H groups in total. The molecule has 0 radical (unpaired) electrons. The lowest BCUT2D eigenvalue weighted by molar-refractivity contribution is 0.318. The molecule has 1 heterocycles. The lowest BCUT2D eigenvalue weighted by Gasteiger charge is -2.21. The van der Waals surface area contributed by atoms with Crippen LogP contribution in [0, 0.1) is 6.92 Å². The number of oxime groups is 1. The Morgan fingerprint density at radius 3 is 2.90 bits per heavy atom. The summed E-state index contributed by atoms with van der Waals surface area (Å²) >= 11 is 5.07. The molecule has 2 rings (SSSR count). The highest BCUT2D eigenvalue weighted by atomic mass is 79.9. The summed E-state index contributed by atoms with van der Waals surface area (Å²) in [5.74, 6) is 0.0915. The maximum atomic E-state index is 8.88. The summed E-state index contributed by atoms with van der Waals surface area (Å²) in [6, 6.07) is 5.61. The van der Waals surface area contributed by atoms with E-state index in [-0.39, 0.29) is 5.84 Å². The summed E-state index contributed by atoms with van der Waals surface area (Å²) in [6.45, 7) is 2.64. The van der Waals surface area contributed by atoms with Gasteiger partial charge in [-0.05, 0) is 25.1 Å². The van der Waals surface area contributed by atoms with Crippen LogP contribution in [0.15, 0.2) is 33.2 Å². The molecule has 1 aromatic heterocycles. The van der Waals surface area contributed by atoms with Gasteiger partial charge in [0.1, 0.15) is 0 Å². The monoisotopic (exact) mass is 354 g/mol. The van der Waals surface area contributed by atoms with E-state index in [2.05, 4.69) is 26.1 Å². The lowest BCUT2D eigenvalue weighted by atomic mass is 10.1. The highest BCUT2D eigenvalue weighted by Crippen LogP contribution is 2.26. The second-order valence-electron chi connectivity index (χ2n) is 4.36. The van der Waals surface area contributed by atoms with Gasteiger partial charge in [0, 0.05) is 28.2 Å². The van der Waals surface area contributed by atoms with Crippen LogP contribution in [-0.2, 0) is 6.54 Å². The van der Waals surface area contributed by atoms with Crippen LogP contribution < -0.4 is 10.6 Å². The Bertz CT molecular complexity index is 641. The van der Waals surface area contributed by atoms with Crippen molar-refractivity contribution in [3.05, 3.63) is 44.3 Å². The van der Waals surface area contributed by atoms with Crippen molar-refractivity contribution in [2.45, 2.75) is 13.5 Å². The Kier molecular flexibility index (Phi) is 4.61. The number of hydrogen-bond acceptors (Lipinski definition) is 5. The highest BCUT2D eigenvalue weighted by Gasteiger charge is 2.13. The molecule has 0 fully saturated rings. The molecule has 0 aliphatic heterocycles. The first-order valence-corrected chi connectivity index (χ1v) is 7.58. The fourth-order valence-electron chi connectivity index (χ4n) is 1.90. The van der Waals surface area contributed by atoms with Crippen molar-refractivity contribution < 1.29 is 5.21 Å². The van der Waals surface area contributed by atoms with Crippen molar-refractivity contribution in [1.29, 1.82) is 0 Å². The number of hydrogen-bond donors (Lipinski definition) is 2. The quantitative estimate of drug-likeness (QED) is 0.383. The third kappa shape index (κ3) is 3.29. The van der Waals surface area contributed by atoms with Crippen molar-refractivity contribution in [3.63, 3.8) is 0 Å². The van der Waals surface area contributed by atoms with Crippen molar-refractivity contribution in [2.24, 2.45) is 10.9 Å². The number of aromatic nitrogens is 1. The van der Waals surface area contributed by atoms with E-state index in [1.807, 2.05) is 42.5 Å². The van der Waals surface area contributed by atoms with E-state index in [1.54, 1.807) is 11.3 Å². The van der Waals surface area contributed by atoms with Crippen LogP contribution in [0.1, 0.15) is 16.3 Å². The Morgan fingerprint density at radius 2 is 2.30 bits per heavy atom. The van der Waals surface area contributed by atoms with Crippen molar-refractivity contribution in [3.8, 4) is 0 Å².